The molecule has 6 nitrogen and oxygen atoms in total. The van der Waals surface area contributed by atoms with E-state index in [0.29, 0.717) is 19.9 Å². The molecule has 166 valence electrons. The van der Waals surface area contributed by atoms with Gasteiger partial charge in [0.2, 0.25) is 6.79 Å². The van der Waals surface area contributed by atoms with Crippen molar-refractivity contribution in [2.24, 2.45) is 17.8 Å². The second-order valence-electron chi connectivity index (χ2n) is 9.72. The quantitative estimate of drug-likeness (QED) is 0.625. The molecule has 2 aliphatic heterocycles. The summed E-state index contributed by atoms with van der Waals surface area (Å²) >= 11 is 0. The predicted octanol–water partition coefficient (Wildman–Crippen LogP) is 2.74. The second kappa shape index (κ2) is 9.43. The van der Waals surface area contributed by atoms with Gasteiger partial charge in [0.05, 0.1) is 12.7 Å². The summed E-state index contributed by atoms with van der Waals surface area (Å²) in [5.41, 5.74) is 1.26. The van der Waals surface area contributed by atoms with Gasteiger partial charge in [-0.3, -0.25) is 9.80 Å². The predicted molar refractivity (Wildman–Crippen MR) is 115 cm³/mol. The number of hydrogen-bond donors (Lipinski definition) is 1. The van der Waals surface area contributed by atoms with Gasteiger partial charge in [0, 0.05) is 45.9 Å². The number of hydrogen-bond acceptors (Lipinski definition) is 6. The van der Waals surface area contributed by atoms with Crippen LogP contribution in [0, 0.1) is 17.8 Å². The van der Waals surface area contributed by atoms with Gasteiger partial charge >= 0.3 is 0 Å². The lowest BCUT2D eigenvalue weighted by atomic mass is 9.87. The van der Waals surface area contributed by atoms with E-state index in [0.717, 1.165) is 68.6 Å². The Labute approximate surface area is 180 Å². The van der Waals surface area contributed by atoms with E-state index < -0.39 is 0 Å². The Hall–Kier alpha value is -1.34. The van der Waals surface area contributed by atoms with Crippen LogP contribution >= 0.6 is 0 Å². The Morgan fingerprint density at radius 1 is 1.03 bits per heavy atom. The summed E-state index contributed by atoms with van der Waals surface area (Å²) in [6, 6.07) is 6.21. The molecule has 2 heterocycles. The average molecular weight is 417 g/mol. The molecule has 3 fully saturated rings. The first-order valence-electron chi connectivity index (χ1n) is 11.8. The topological polar surface area (TPSA) is 54.4 Å². The highest BCUT2D eigenvalue weighted by Crippen LogP contribution is 2.49. The van der Waals surface area contributed by atoms with Crippen LogP contribution in [0.5, 0.6) is 11.5 Å². The number of nitrogens with zero attached hydrogens (tertiary/aromatic N) is 2. The van der Waals surface area contributed by atoms with Crippen LogP contribution in [-0.2, 0) is 11.3 Å². The highest BCUT2D eigenvalue weighted by molar-refractivity contribution is 5.44. The molecule has 6 heteroatoms. The van der Waals surface area contributed by atoms with Crippen molar-refractivity contribution in [2.75, 3.05) is 52.7 Å². The largest absolute Gasteiger partial charge is 0.454 e. The van der Waals surface area contributed by atoms with E-state index in [9.17, 15) is 5.11 Å². The fourth-order valence-corrected chi connectivity index (χ4v) is 5.96. The van der Waals surface area contributed by atoms with Crippen LogP contribution in [0.1, 0.15) is 37.7 Å². The van der Waals surface area contributed by atoms with Crippen LogP contribution in [-0.4, -0.2) is 73.7 Å². The molecule has 5 rings (SSSR count). The molecule has 1 N–H and O–H groups in total. The second-order valence-corrected chi connectivity index (χ2v) is 9.72. The SMILES string of the molecule is O[C@@H](COCC[C@H]1C[C@@H]2CC[C@@H]1C2)CN1CCN(Cc2ccc3c(c2)OCO3)CC1. The standard InChI is InChI=1S/C24H36N2O4/c27-22(16-28-10-5-21-12-18-1-3-20(21)11-18)15-26-8-6-25(7-9-26)14-19-2-4-23-24(13-19)30-17-29-23/h2,4,13,18,20-22,27H,1,3,5-12,14-17H2/t18-,20-,21+,22-/m1/s1. The molecule has 0 radical (unpaired) electrons. The molecule has 0 amide bonds. The minimum absolute atomic E-state index is 0.324. The Bertz CT molecular complexity index is 706. The van der Waals surface area contributed by atoms with Crippen molar-refractivity contribution in [1.82, 2.24) is 9.80 Å². The van der Waals surface area contributed by atoms with E-state index in [1.165, 1.54) is 37.7 Å². The highest BCUT2D eigenvalue weighted by atomic mass is 16.7. The van der Waals surface area contributed by atoms with Crippen LogP contribution in [0.25, 0.3) is 0 Å². The summed E-state index contributed by atoms with van der Waals surface area (Å²) < 4.78 is 16.7. The summed E-state index contributed by atoms with van der Waals surface area (Å²) in [4.78, 5) is 4.83. The highest BCUT2D eigenvalue weighted by Gasteiger charge is 2.38. The Kier molecular flexibility index (Phi) is 6.46. The zero-order valence-corrected chi connectivity index (χ0v) is 18.0. The van der Waals surface area contributed by atoms with Crippen molar-refractivity contribution in [3.05, 3.63) is 23.8 Å². The number of piperazine rings is 1. The number of rotatable bonds is 9. The van der Waals surface area contributed by atoms with Gasteiger partial charge in [0.25, 0.3) is 0 Å². The number of benzene rings is 1. The van der Waals surface area contributed by atoms with Gasteiger partial charge in [-0.1, -0.05) is 12.5 Å². The van der Waals surface area contributed by atoms with Crippen molar-refractivity contribution in [2.45, 2.75) is 44.8 Å². The monoisotopic (exact) mass is 416 g/mol. The summed E-state index contributed by atoms with van der Waals surface area (Å²) in [7, 11) is 0. The molecule has 4 aliphatic rings. The molecular weight excluding hydrogens is 380 g/mol. The van der Waals surface area contributed by atoms with Gasteiger partial charge in [-0.25, -0.2) is 0 Å². The van der Waals surface area contributed by atoms with Gasteiger partial charge in [-0.05, 0) is 61.1 Å². The van der Waals surface area contributed by atoms with Gasteiger partial charge in [0.15, 0.2) is 11.5 Å². The number of β-amino-alcohol motifs (C(OH)–C–C–N with tert-alkyl or cyclic N) is 1. The van der Waals surface area contributed by atoms with Crippen molar-refractivity contribution in [3.63, 3.8) is 0 Å². The Morgan fingerprint density at radius 3 is 2.67 bits per heavy atom. The number of aliphatic hydroxyl groups is 1. The van der Waals surface area contributed by atoms with E-state index in [2.05, 4.69) is 21.9 Å². The molecular formula is C24H36N2O4. The minimum atomic E-state index is -0.384. The fraction of sp³-hybridized carbons (Fsp3) is 0.750. The number of fused-ring (bicyclic) bond motifs is 3. The lowest BCUT2D eigenvalue weighted by Crippen LogP contribution is -2.48. The molecule has 0 spiro atoms. The van der Waals surface area contributed by atoms with Gasteiger partial charge in [-0.15, -0.1) is 0 Å². The van der Waals surface area contributed by atoms with E-state index in [4.69, 9.17) is 14.2 Å². The van der Waals surface area contributed by atoms with Gasteiger partial charge < -0.3 is 19.3 Å². The van der Waals surface area contributed by atoms with E-state index >= 15 is 0 Å². The molecule has 0 aromatic heterocycles. The van der Waals surface area contributed by atoms with Crippen LogP contribution in [0.15, 0.2) is 18.2 Å². The molecule has 30 heavy (non-hydrogen) atoms. The lowest BCUT2D eigenvalue weighted by molar-refractivity contribution is 0.00187. The third-order valence-corrected chi connectivity index (χ3v) is 7.60. The summed E-state index contributed by atoms with van der Waals surface area (Å²) in [5, 5.41) is 10.4. The van der Waals surface area contributed by atoms with E-state index in [1.807, 2.05) is 6.07 Å². The molecule has 1 saturated heterocycles. The minimum Gasteiger partial charge on any atom is -0.454 e. The zero-order chi connectivity index (χ0) is 20.3. The number of aliphatic hydroxyl groups excluding tert-OH is 1. The van der Waals surface area contributed by atoms with Crippen molar-refractivity contribution >= 4 is 0 Å². The van der Waals surface area contributed by atoms with E-state index in [-0.39, 0.29) is 6.10 Å². The molecule has 4 atom stereocenters. The third-order valence-electron chi connectivity index (χ3n) is 7.60. The maximum Gasteiger partial charge on any atom is 0.231 e. The van der Waals surface area contributed by atoms with Crippen molar-refractivity contribution in [3.8, 4) is 11.5 Å². The zero-order valence-electron chi connectivity index (χ0n) is 18.0. The first-order valence-corrected chi connectivity index (χ1v) is 11.8. The first-order chi connectivity index (χ1) is 14.7. The van der Waals surface area contributed by atoms with Crippen LogP contribution in [0.2, 0.25) is 0 Å². The molecule has 0 unspecified atom stereocenters. The third kappa shape index (κ3) is 4.93. The van der Waals surface area contributed by atoms with Crippen molar-refractivity contribution in [1.29, 1.82) is 0 Å². The van der Waals surface area contributed by atoms with Crippen LogP contribution < -0.4 is 9.47 Å². The molecule has 2 saturated carbocycles. The Balaban J connectivity index is 0.960. The average Bonchev–Trinajstić information content (AvgIpc) is 3.49. The number of ether oxygens (including phenoxy) is 3. The molecule has 1 aromatic carbocycles. The normalized spacial score (nSPS) is 29.6. The van der Waals surface area contributed by atoms with Crippen molar-refractivity contribution < 1.29 is 19.3 Å². The Morgan fingerprint density at radius 2 is 1.87 bits per heavy atom. The molecule has 2 aliphatic carbocycles. The first kappa shape index (κ1) is 20.6. The van der Waals surface area contributed by atoms with Gasteiger partial charge in [-0.2, -0.15) is 0 Å². The summed E-state index contributed by atoms with van der Waals surface area (Å²) in [6.07, 6.45) is 6.60. The van der Waals surface area contributed by atoms with Gasteiger partial charge in [0.1, 0.15) is 0 Å². The van der Waals surface area contributed by atoms with Crippen LogP contribution in [0.3, 0.4) is 0 Å². The molecule has 1 aromatic rings. The maximum absolute atomic E-state index is 10.4. The fourth-order valence-electron chi connectivity index (χ4n) is 5.96. The van der Waals surface area contributed by atoms with E-state index in [1.54, 1.807) is 0 Å². The molecule has 2 bridgehead atoms. The lowest BCUT2D eigenvalue weighted by Gasteiger charge is -2.35. The maximum atomic E-state index is 10.4. The summed E-state index contributed by atoms with van der Waals surface area (Å²) in [5.74, 6) is 4.57. The summed E-state index contributed by atoms with van der Waals surface area (Å²) in [6.45, 7) is 7.28. The van der Waals surface area contributed by atoms with Crippen LogP contribution in [0.4, 0.5) is 0 Å². The smallest absolute Gasteiger partial charge is 0.231 e.